The highest BCUT2D eigenvalue weighted by atomic mass is 16.3. The van der Waals surface area contributed by atoms with Gasteiger partial charge in [-0.25, -0.2) is 0 Å². The largest absolute Gasteiger partial charge is 0.394 e. The van der Waals surface area contributed by atoms with Gasteiger partial charge in [0.05, 0.1) is 17.6 Å². The van der Waals surface area contributed by atoms with Crippen LogP contribution in [0.5, 0.6) is 0 Å². The van der Waals surface area contributed by atoms with Crippen molar-refractivity contribution < 1.29 is 9.90 Å². The van der Waals surface area contributed by atoms with E-state index in [1.54, 1.807) is 0 Å². The SMILES string of the molecule is CC1CCCC(CO)(NC(=O)C2(c3ccccc3)CC2)C1. The molecular weight excluding hydrogens is 262 g/mol. The Kier molecular flexibility index (Phi) is 3.78. The molecule has 21 heavy (non-hydrogen) atoms. The van der Waals surface area contributed by atoms with Crippen LogP contribution in [0.3, 0.4) is 0 Å². The molecular formula is C18H25NO2. The van der Waals surface area contributed by atoms with Crippen LogP contribution < -0.4 is 5.32 Å². The molecule has 0 radical (unpaired) electrons. The summed E-state index contributed by atoms with van der Waals surface area (Å²) in [4.78, 5) is 12.8. The van der Waals surface area contributed by atoms with Gasteiger partial charge in [-0.05, 0) is 37.2 Å². The average molecular weight is 287 g/mol. The van der Waals surface area contributed by atoms with Gasteiger partial charge in [0.2, 0.25) is 5.91 Å². The topological polar surface area (TPSA) is 49.3 Å². The molecule has 2 aliphatic rings. The first-order chi connectivity index (χ1) is 10.1. The predicted octanol–water partition coefficient (Wildman–Crippen LogP) is 2.78. The predicted molar refractivity (Wildman–Crippen MR) is 82.9 cm³/mol. The Balaban J connectivity index is 1.77. The summed E-state index contributed by atoms with van der Waals surface area (Å²) in [6.07, 6.45) is 5.90. The van der Waals surface area contributed by atoms with Crippen molar-refractivity contribution in [3.05, 3.63) is 35.9 Å². The Morgan fingerprint density at radius 1 is 1.29 bits per heavy atom. The van der Waals surface area contributed by atoms with Crippen LogP contribution >= 0.6 is 0 Å². The Hall–Kier alpha value is -1.35. The van der Waals surface area contributed by atoms with Gasteiger partial charge in [-0.2, -0.15) is 0 Å². The van der Waals surface area contributed by atoms with E-state index in [-0.39, 0.29) is 17.9 Å². The van der Waals surface area contributed by atoms with Gasteiger partial charge in [-0.15, -0.1) is 0 Å². The highest BCUT2D eigenvalue weighted by Gasteiger charge is 2.53. The number of carbonyl (C=O) groups is 1. The Morgan fingerprint density at radius 3 is 2.57 bits per heavy atom. The van der Waals surface area contributed by atoms with E-state index >= 15 is 0 Å². The highest BCUT2D eigenvalue weighted by Crippen LogP contribution is 2.49. The number of hydrogen-bond acceptors (Lipinski definition) is 2. The summed E-state index contributed by atoms with van der Waals surface area (Å²) in [5.74, 6) is 0.676. The van der Waals surface area contributed by atoms with E-state index in [4.69, 9.17) is 0 Å². The van der Waals surface area contributed by atoms with Gasteiger partial charge in [0.15, 0.2) is 0 Å². The minimum absolute atomic E-state index is 0.0496. The van der Waals surface area contributed by atoms with Gasteiger partial charge in [-0.3, -0.25) is 4.79 Å². The van der Waals surface area contributed by atoms with Crippen molar-refractivity contribution >= 4 is 5.91 Å². The summed E-state index contributed by atoms with van der Waals surface area (Å²) in [6, 6.07) is 10.1. The Labute approximate surface area is 126 Å². The van der Waals surface area contributed by atoms with Crippen LogP contribution in [0.25, 0.3) is 0 Å². The molecule has 0 spiro atoms. The maximum absolute atomic E-state index is 12.8. The third-order valence-corrected chi connectivity index (χ3v) is 5.28. The molecule has 3 heteroatoms. The second kappa shape index (κ2) is 5.45. The fourth-order valence-electron chi connectivity index (χ4n) is 3.85. The van der Waals surface area contributed by atoms with Crippen LogP contribution in [0, 0.1) is 5.92 Å². The molecule has 2 N–H and O–H groups in total. The van der Waals surface area contributed by atoms with E-state index in [1.165, 1.54) is 6.42 Å². The van der Waals surface area contributed by atoms with Crippen molar-refractivity contribution in [3.8, 4) is 0 Å². The van der Waals surface area contributed by atoms with Crippen LogP contribution in [-0.4, -0.2) is 23.2 Å². The third-order valence-electron chi connectivity index (χ3n) is 5.28. The van der Waals surface area contributed by atoms with Crippen molar-refractivity contribution in [1.29, 1.82) is 0 Å². The minimum atomic E-state index is -0.404. The molecule has 0 aliphatic heterocycles. The lowest BCUT2D eigenvalue weighted by atomic mass is 9.76. The fourth-order valence-corrected chi connectivity index (χ4v) is 3.85. The first kappa shape index (κ1) is 14.6. The Bertz CT molecular complexity index is 509. The van der Waals surface area contributed by atoms with E-state index in [0.717, 1.165) is 37.7 Å². The first-order valence-corrected chi connectivity index (χ1v) is 8.09. The molecule has 1 aromatic carbocycles. The first-order valence-electron chi connectivity index (χ1n) is 8.09. The lowest BCUT2D eigenvalue weighted by Crippen LogP contribution is -2.56. The van der Waals surface area contributed by atoms with Gasteiger partial charge in [0, 0.05) is 0 Å². The Morgan fingerprint density at radius 2 is 2.00 bits per heavy atom. The summed E-state index contributed by atoms with van der Waals surface area (Å²) < 4.78 is 0. The zero-order valence-electron chi connectivity index (χ0n) is 12.8. The highest BCUT2D eigenvalue weighted by molar-refractivity contribution is 5.91. The van der Waals surface area contributed by atoms with Gasteiger partial charge in [0.25, 0.3) is 0 Å². The van der Waals surface area contributed by atoms with Gasteiger partial charge < -0.3 is 10.4 Å². The van der Waals surface area contributed by atoms with Crippen LogP contribution in [0.1, 0.15) is 51.0 Å². The molecule has 3 nitrogen and oxygen atoms in total. The molecule has 0 bridgehead atoms. The second-order valence-electron chi connectivity index (χ2n) is 7.04. The smallest absolute Gasteiger partial charge is 0.231 e. The lowest BCUT2D eigenvalue weighted by Gasteiger charge is -2.40. The van der Waals surface area contributed by atoms with Crippen molar-refractivity contribution in [2.75, 3.05) is 6.61 Å². The number of hydrogen-bond donors (Lipinski definition) is 2. The lowest BCUT2D eigenvalue weighted by molar-refractivity contribution is -0.127. The summed E-state index contributed by atoms with van der Waals surface area (Å²) >= 11 is 0. The summed E-state index contributed by atoms with van der Waals surface area (Å²) in [6.45, 7) is 2.26. The summed E-state index contributed by atoms with van der Waals surface area (Å²) in [5, 5.41) is 13.1. The molecule has 114 valence electrons. The van der Waals surface area contributed by atoms with Crippen LogP contribution in [0.15, 0.2) is 30.3 Å². The number of benzene rings is 1. The van der Waals surface area contributed by atoms with E-state index in [2.05, 4.69) is 12.2 Å². The standard InChI is InChI=1S/C18H25NO2/c1-14-6-5-9-17(12-14,13-20)19-16(21)18(10-11-18)15-7-3-2-4-8-15/h2-4,7-8,14,20H,5-6,9-13H2,1H3,(H,19,21). The van der Waals surface area contributed by atoms with Crippen LogP contribution in [0.4, 0.5) is 0 Å². The molecule has 2 fully saturated rings. The summed E-state index contributed by atoms with van der Waals surface area (Å²) in [5.41, 5.74) is 0.364. The zero-order valence-corrected chi connectivity index (χ0v) is 12.8. The van der Waals surface area contributed by atoms with E-state index < -0.39 is 5.54 Å². The number of aliphatic hydroxyl groups excluding tert-OH is 1. The maximum atomic E-state index is 12.8. The maximum Gasteiger partial charge on any atom is 0.231 e. The quantitative estimate of drug-likeness (QED) is 0.894. The number of aliphatic hydroxyl groups is 1. The van der Waals surface area contributed by atoms with Crippen molar-refractivity contribution in [2.24, 2.45) is 5.92 Å². The van der Waals surface area contributed by atoms with Gasteiger partial charge in [-0.1, -0.05) is 50.1 Å². The fraction of sp³-hybridized carbons (Fsp3) is 0.611. The van der Waals surface area contributed by atoms with E-state index in [1.807, 2.05) is 30.3 Å². The molecule has 2 unspecified atom stereocenters. The molecule has 0 aromatic heterocycles. The van der Waals surface area contributed by atoms with Crippen LogP contribution in [-0.2, 0) is 10.2 Å². The van der Waals surface area contributed by atoms with Crippen molar-refractivity contribution in [2.45, 2.75) is 56.4 Å². The van der Waals surface area contributed by atoms with Crippen molar-refractivity contribution in [3.63, 3.8) is 0 Å². The third kappa shape index (κ3) is 2.71. The van der Waals surface area contributed by atoms with Gasteiger partial charge >= 0.3 is 0 Å². The summed E-state index contributed by atoms with van der Waals surface area (Å²) in [7, 11) is 0. The van der Waals surface area contributed by atoms with Crippen molar-refractivity contribution in [1.82, 2.24) is 5.32 Å². The number of carbonyl (C=O) groups excluding carboxylic acids is 1. The molecule has 2 atom stereocenters. The van der Waals surface area contributed by atoms with Crippen LogP contribution in [0.2, 0.25) is 0 Å². The molecule has 0 heterocycles. The molecule has 0 saturated heterocycles. The molecule has 2 aliphatic carbocycles. The molecule has 1 aromatic rings. The molecule has 2 saturated carbocycles. The number of amides is 1. The second-order valence-corrected chi connectivity index (χ2v) is 7.04. The molecule has 3 rings (SSSR count). The normalized spacial score (nSPS) is 30.7. The van der Waals surface area contributed by atoms with E-state index in [9.17, 15) is 9.90 Å². The average Bonchev–Trinajstić information content (AvgIpc) is 3.30. The van der Waals surface area contributed by atoms with Gasteiger partial charge in [0.1, 0.15) is 0 Å². The molecule has 1 amide bonds. The monoisotopic (exact) mass is 287 g/mol. The van der Waals surface area contributed by atoms with E-state index in [0.29, 0.717) is 5.92 Å². The number of nitrogens with one attached hydrogen (secondary N) is 1. The zero-order chi connectivity index (χ0) is 14.9. The number of rotatable bonds is 4. The minimum Gasteiger partial charge on any atom is -0.394 e.